The maximum Gasteiger partial charge on any atom is 0.261 e. The summed E-state index contributed by atoms with van der Waals surface area (Å²) in [5, 5.41) is 6.18. The van der Waals surface area contributed by atoms with Crippen LogP contribution in [-0.4, -0.2) is 34.0 Å². The lowest BCUT2D eigenvalue weighted by Crippen LogP contribution is -2.26. The second kappa shape index (κ2) is 8.54. The van der Waals surface area contributed by atoms with Crippen LogP contribution in [-0.2, 0) is 10.0 Å². The fourth-order valence-electron chi connectivity index (χ4n) is 3.18. The van der Waals surface area contributed by atoms with Crippen molar-refractivity contribution in [2.75, 3.05) is 24.4 Å². The van der Waals surface area contributed by atoms with Crippen molar-refractivity contribution < 1.29 is 13.2 Å². The highest BCUT2D eigenvalue weighted by Crippen LogP contribution is 2.18. The summed E-state index contributed by atoms with van der Waals surface area (Å²) in [7, 11) is -3.76. The quantitative estimate of drug-likeness (QED) is 0.681. The molecule has 2 aromatic carbocycles. The number of hydrogen-bond donors (Lipinski definition) is 3. The smallest absolute Gasteiger partial charge is 0.261 e. The van der Waals surface area contributed by atoms with Crippen molar-refractivity contribution in [2.24, 2.45) is 5.92 Å². The van der Waals surface area contributed by atoms with Crippen molar-refractivity contribution in [3.05, 3.63) is 59.7 Å². The Morgan fingerprint density at radius 2 is 2.00 bits per heavy atom. The minimum absolute atomic E-state index is 0.0663. The molecular formula is C20H25N3O3S. The van der Waals surface area contributed by atoms with E-state index in [0.29, 0.717) is 23.7 Å². The van der Waals surface area contributed by atoms with Crippen molar-refractivity contribution in [2.45, 2.75) is 24.7 Å². The monoisotopic (exact) mass is 387 g/mol. The Balaban J connectivity index is 1.65. The normalized spacial score (nSPS) is 16.9. The summed E-state index contributed by atoms with van der Waals surface area (Å²) in [5.74, 6) is 0.337. The number of carbonyl (C=O) groups is 1. The fourth-order valence-corrected chi connectivity index (χ4v) is 4.27. The zero-order valence-corrected chi connectivity index (χ0v) is 16.2. The van der Waals surface area contributed by atoms with E-state index in [4.69, 9.17) is 0 Å². The Hall–Kier alpha value is -2.38. The molecule has 7 heteroatoms. The van der Waals surface area contributed by atoms with E-state index in [0.717, 1.165) is 31.5 Å². The summed E-state index contributed by atoms with van der Waals surface area (Å²) < 4.78 is 27.8. The third kappa shape index (κ3) is 5.30. The summed E-state index contributed by atoms with van der Waals surface area (Å²) in [6.45, 7) is 4.51. The molecule has 1 atom stereocenters. The average Bonchev–Trinajstić information content (AvgIpc) is 3.15. The highest BCUT2D eigenvalue weighted by atomic mass is 32.2. The van der Waals surface area contributed by atoms with Crippen molar-refractivity contribution in [3.8, 4) is 0 Å². The Morgan fingerprint density at radius 3 is 2.74 bits per heavy atom. The lowest BCUT2D eigenvalue weighted by atomic mass is 10.1. The molecule has 1 fully saturated rings. The van der Waals surface area contributed by atoms with Gasteiger partial charge in [-0.3, -0.25) is 9.52 Å². The van der Waals surface area contributed by atoms with Gasteiger partial charge < -0.3 is 10.6 Å². The van der Waals surface area contributed by atoms with Crippen LogP contribution in [0.15, 0.2) is 53.4 Å². The van der Waals surface area contributed by atoms with Gasteiger partial charge >= 0.3 is 0 Å². The van der Waals surface area contributed by atoms with Gasteiger partial charge in [0.15, 0.2) is 0 Å². The van der Waals surface area contributed by atoms with Gasteiger partial charge in [0.1, 0.15) is 0 Å². The maximum atomic E-state index is 12.6. The van der Waals surface area contributed by atoms with Crippen molar-refractivity contribution >= 4 is 21.6 Å². The zero-order chi connectivity index (χ0) is 19.3. The highest BCUT2D eigenvalue weighted by molar-refractivity contribution is 7.92. The number of carbonyl (C=O) groups excluding carboxylic acids is 1. The van der Waals surface area contributed by atoms with Crippen molar-refractivity contribution in [1.82, 2.24) is 10.6 Å². The number of sulfonamides is 1. The molecule has 1 amide bonds. The molecule has 1 unspecified atom stereocenters. The van der Waals surface area contributed by atoms with Crippen LogP contribution in [0.1, 0.15) is 28.8 Å². The molecule has 6 nitrogen and oxygen atoms in total. The van der Waals surface area contributed by atoms with E-state index in [1.54, 1.807) is 30.3 Å². The molecule has 0 radical (unpaired) electrons. The van der Waals surface area contributed by atoms with Crippen LogP contribution < -0.4 is 15.4 Å². The first kappa shape index (κ1) is 19.4. The average molecular weight is 388 g/mol. The number of aryl methyl sites for hydroxylation is 1. The van der Waals surface area contributed by atoms with Gasteiger partial charge in [0.05, 0.1) is 4.90 Å². The van der Waals surface area contributed by atoms with E-state index in [-0.39, 0.29) is 10.8 Å². The molecule has 0 bridgehead atoms. The maximum absolute atomic E-state index is 12.6. The molecular weight excluding hydrogens is 362 g/mol. The molecule has 3 rings (SSSR count). The molecule has 0 aliphatic carbocycles. The third-order valence-electron chi connectivity index (χ3n) is 4.68. The van der Waals surface area contributed by atoms with Crippen LogP contribution >= 0.6 is 0 Å². The number of hydrogen-bond acceptors (Lipinski definition) is 4. The highest BCUT2D eigenvalue weighted by Gasteiger charge is 2.17. The van der Waals surface area contributed by atoms with Gasteiger partial charge in [-0.2, -0.15) is 0 Å². The van der Waals surface area contributed by atoms with Crippen LogP contribution in [0.5, 0.6) is 0 Å². The van der Waals surface area contributed by atoms with Crippen molar-refractivity contribution in [1.29, 1.82) is 0 Å². The Bertz CT molecular complexity index is 906. The van der Waals surface area contributed by atoms with Gasteiger partial charge in [0, 0.05) is 17.8 Å². The first-order valence-corrected chi connectivity index (χ1v) is 10.6. The second-order valence-corrected chi connectivity index (χ2v) is 8.59. The fraction of sp³-hybridized carbons (Fsp3) is 0.350. The summed E-state index contributed by atoms with van der Waals surface area (Å²) in [4.78, 5) is 12.4. The number of amides is 1. The SMILES string of the molecule is Cc1cccc(NS(=O)(=O)c2cccc(C(=O)NCCC3CCNC3)c2)c1. The molecule has 1 aliphatic heterocycles. The van der Waals surface area contributed by atoms with E-state index in [9.17, 15) is 13.2 Å². The zero-order valence-electron chi connectivity index (χ0n) is 15.4. The molecule has 2 aromatic rings. The predicted molar refractivity (Wildman–Crippen MR) is 106 cm³/mol. The topological polar surface area (TPSA) is 87.3 Å². The van der Waals surface area contributed by atoms with Crippen LogP contribution in [0.3, 0.4) is 0 Å². The molecule has 1 saturated heterocycles. The summed E-state index contributed by atoms with van der Waals surface area (Å²) >= 11 is 0. The molecule has 1 aliphatic rings. The number of nitrogens with one attached hydrogen (secondary N) is 3. The first-order chi connectivity index (χ1) is 12.9. The van der Waals surface area contributed by atoms with E-state index < -0.39 is 10.0 Å². The Labute approximate surface area is 160 Å². The molecule has 0 saturated carbocycles. The van der Waals surface area contributed by atoms with Crippen LogP contribution in [0.4, 0.5) is 5.69 Å². The summed E-state index contributed by atoms with van der Waals surface area (Å²) in [6.07, 6.45) is 2.06. The number of rotatable bonds is 7. The molecule has 3 N–H and O–H groups in total. The van der Waals surface area contributed by atoms with E-state index in [1.807, 2.05) is 13.0 Å². The lowest BCUT2D eigenvalue weighted by Gasteiger charge is -2.11. The van der Waals surface area contributed by atoms with Gasteiger partial charge in [-0.05, 0) is 74.7 Å². The van der Waals surface area contributed by atoms with Gasteiger partial charge in [-0.25, -0.2) is 8.42 Å². The Kier molecular flexibility index (Phi) is 6.13. The van der Waals surface area contributed by atoms with Crippen LogP contribution in [0.2, 0.25) is 0 Å². The minimum atomic E-state index is -3.76. The van der Waals surface area contributed by atoms with Gasteiger partial charge in [-0.1, -0.05) is 18.2 Å². The predicted octanol–water partition coefficient (Wildman–Crippen LogP) is 2.53. The van der Waals surface area contributed by atoms with E-state index >= 15 is 0 Å². The molecule has 1 heterocycles. The molecule has 0 aromatic heterocycles. The van der Waals surface area contributed by atoms with E-state index in [2.05, 4.69) is 15.4 Å². The Morgan fingerprint density at radius 1 is 1.19 bits per heavy atom. The minimum Gasteiger partial charge on any atom is -0.352 e. The van der Waals surface area contributed by atoms with Gasteiger partial charge in [0.2, 0.25) is 0 Å². The van der Waals surface area contributed by atoms with Gasteiger partial charge in [-0.15, -0.1) is 0 Å². The van der Waals surface area contributed by atoms with Crippen LogP contribution in [0.25, 0.3) is 0 Å². The van der Waals surface area contributed by atoms with Crippen LogP contribution in [0, 0.1) is 12.8 Å². The number of anilines is 1. The third-order valence-corrected chi connectivity index (χ3v) is 6.06. The summed E-state index contributed by atoms with van der Waals surface area (Å²) in [6, 6.07) is 13.2. The largest absolute Gasteiger partial charge is 0.352 e. The van der Waals surface area contributed by atoms with Gasteiger partial charge in [0.25, 0.3) is 15.9 Å². The summed E-state index contributed by atoms with van der Waals surface area (Å²) in [5.41, 5.74) is 1.79. The van der Waals surface area contributed by atoms with E-state index in [1.165, 1.54) is 12.1 Å². The molecule has 27 heavy (non-hydrogen) atoms. The standard InChI is InChI=1S/C20H25N3O3S/c1-15-4-2-6-18(12-15)23-27(25,26)19-7-3-5-17(13-19)20(24)22-11-9-16-8-10-21-14-16/h2-7,12-13,16,21,23H,8-11,14H2,1H3,(H,22,24). The lowest BCUT2D eigenvalue weighted by molar-refractivity contribution is 0.0951. The second-order valence-electron chi connectivity index (χ2n) is 6.91. The first-order valence-electron chi connectivity index (χ1n) is 9.12. The molecule has 144 valence electrons. The van der Waals surface area contributed by atoms with Crippen molar-refractivity contribution in [3.63, 3.8) is 0 Å². The number of benzene rings is 2. The molecule has 0 spiro atoms.